The maximum absolute atomic E-state index is 10.8. The fourth-order valence-corrected chi connectivity index (χ4v) is 1.54. The van der Waals surface area contributed by atoms with E-state index in [0.717, 1.165) is 11.1 Å². The van der Waals surface area contributed by atoms with Gasteiger partial charge in [-0.05, 0) is 12.5 Å². The van der Waals surface area contributed by atoms with Crippen LogP contribution >= 0.6 is 0 Å². The van der Waals surface area contributed by atoms with Gasteiger partial charge in [0.15, 0.2) is 9.84 Å². The van der Waals surface area contributed by atoms with Gasteiger partial charge in [0.25, 0.3) is 0 Å². The number of hydrogen-bond donors (Lipinski definition) is 0. The molecule has 0 heterocycles. The molecule has 12 heavy (non-hydrogen) atoms. The molecule has 1 aromatic rings. The van der Waals surface area contributed by atoms with E-state index in [1.54, 1.807) is 12.1 Å². The van der Waals surface area contributed by atoms with Crippen LogP contribution in [-0.2, 0) is 9.84 Å². The summed E-state index contributed by atoms with van der Waals surface area (Å²) in [7, 11) is -3.02. The molecule has 1 rings (SSSR count). The number of sulfone groups is 1. The van der Waals surface area contributed by atoms with Crippen molar-refractivity contribution in [3.63, 3.8) is 0 Å². The summed E-state index contributed by atoms with van der Waals surface area (Å²) in [6.07, 6.45) is 1.19. The van der Waals surface area contributed by atoms with Gasteiger partial charge in [0.2, 0.25) is 0 Å². The predicted molar refractivity (Wildman–Crippen MR) is 49.4 cm³/mol. The molecule has 1 aromatic carbocycles. The van der Waals surface area contributed by atoms with Crippen molar-refractivity contribution in [2.24, 2.45) is 0 Å². The Hall–Kier alpha value is -0.830. The average molecular weight is 183 g/mol. The SMILES string of the molecule is Cc1ccc([CH]S(C)(=O)=O)cc1. The van der Waals surface area contributed by atoms with E-state index in [2.05, 4.69) is 0 Å². The van der Waals surface area contributed by atoms with Crippen molar-refractivity contribution in [1.82, 2.24) is 0 Å². The van der Waals surface area contributed by atoms with E-state index in [4.69, 9.17) is 0 Å². The summed E-state index contributed by atoms with van der Waals surface area (Å²) in [5.41, 5.74) is 1.85. The molecule has 0 aliphatic carbocycles. The second kappa shape index (κ2) is 3.27. The Labute approximate surface area is 73.2 Å². The average Bonchev–Trinajstić information content (AvgIpc) is 1.91. The molecule has 1 radical (unpaired) electrons. The van der Waals surface area contributed by atoms with Gasteiger partial charge < -0.3 is 0 Å². The van der Waals surface area contributed by atoms with Crippen molar-refractivity contribution >= 4 is 9.84 Å². The normalized spacial score (nSPS) is 11.5. The molecule has 0 aliphatic rings. The van der Waals surface area contributed by atoms with Crippen LogP contribution in [0.2, 0.25) is 0 Å². The van der Waals surface area contributed by atoms with Crippen LogP contribution in [0.5, 0.6) is 0 Å². The monoisotopic (exact) mass is 183 g/mol. The van der Waals surface area contributed by atoms with Crippen LogP contribution < -0.4 is 0 Å². The highest BCUT2D eigenvalue weighted by Gasteiger charge is 2.03. The van der Waals surface area contributed by atoms with Crippen molar-refractivity contribution in [3.05, 3.63) is 41.1 Å². The molecule has 2 nitrogen and oxygen atoms in total. The standard InChI is InChI=1S/C9H11O2S/c1-8-3-5-9(6-4-8)7-12(2,10)11/h3-7H,1-2H3. The molecule has 0 saturated carbocycles. The summed E-state index contributed by atoms with van der Waals surface area (Å²) in [6, 6.07) is 7.35. The van der Waals surface area contributed by atoms with Crippen LogP contribution in [0.1, 0.15) is 11.1 Å². The highest BCUT2D eigenvalue weighted by atomic mass is 32.2. The van der Waals surface area contributed by atoms with Crippen LogP contribution in [0.4, 0.5) is 0 Å². The third kappa shape index (κ3) is 3.05. The minimum Gasteiger partial charge on any atom is -0.228 e. The van der Waals surface area contributed by atoms with E-state index in [-0.39, 0.29) is 0 Å². The van der Waals surface area contributed by atoms with Gasteiger partial charge in [0.1, 0.15) is 5.75 Å². The van der Waals surface area contributed by atoms with E-state index >= 15 is 0 Å². The number of aryl methyl sites for hydroxylation is 1. The third-order valence-electron chi connectivity index (χ3n) is 1.43. The molecule has 0 fully saturated rings. The lowest BCUT2D eigenvalue weighted by molar-refractivity contribution is 0.608. The van der Waals surface area contributed by atoms with Gasteiger partial charge in [0, 0.05) is 6.26 Å². The zero-order chi connectivity index (χ0) is 9.19. The molecule has 0 aliphatic heterocycles. The summed E-state index contributed by atoms with van der Waals surface area (Å²) >= 11 is 0. The Kier molecular flexibility index (Phi) is 2.52. The predicted octanol–water partition coefficient (Wildman–Crippen LogP) is 1.55. The summed E-state index contributed by atoms with van der Waals surface area (Å²) in [5, 5.41) is 0. The van der Waals surface area contributed by atoms with Gasteiger partial charge in [-0.25, -0.2) is 8.42 Å². The lowest BCUT2D eigenvalue weighted by Gasteiger charge is -1.98. The minimum absolute atomic E-state index is 0.725. The highest BCUT2D eigenvalue weighted by molar-refractivity contribution is 7.92. The van der Waals surface area contributed by atoms with Gasteiger partial charge in [-0.15, -0.1) is 0 Å². The zero-order valence-corrected chi connectivity index (χ0v) is 7.93. The maximum Gasteiger partial charge on any atom is 0.156 e. The summed E-state index contributed by atoms with van der Waals surface area (Å²) in [6.45, 7) is 1.96. The van der Waals surface area contributed by atoms with Crippen molar-refractivity contribution < 1.29 is 8.42 Å². The Morgan fingerprint density at radius 3 is 2.08 bits per heavy atom. The van der Waals surface area contributed by atoms with E-state index in [0.29, 0.717) is 0 Å². The first-order valence-electron chi connectivity index (χ1n) is 3.59. The molecular weight excluding hydrogens is 172 g/mol. The van der Waals surface area contributed by atoms with Gasteiger partial charge in [-0.2, -0.15) is 0 Å². The largest absolute Gasteiger partial charge is 0.228 e. The lowest BCUT2D eigenvalue weighted by Crippen LogP contribution is -1.97. The maximum atomic E-state index is 10.8. The molecule has 0 aromatic heterocycles. The molecule has 0 N–H and O–H groups in total. The molecule has 0 amide bonds. The Bertz CT molecular complexity index is 349. The number of benzene rings is 1. The van der Waals surface area contributed by atoms with E-state index < -0.39 is 9.84 Å². The van der Waals surface area contributed by atoms with Crippen LogP contribution in [0, 0.1) is 12.7 Å². The highest BCUT2D eigenvalue weighted by Crippen LogP contribution is 2.08. The second-order valence-corrected chi connectivity index (χ2v) is 4.75. The van der Waals surface area contributed by atoms with Crippen molar-refractivity contribution in [2.75, 3.05) is 6.26 Å². The molecule has 3 heteroatoms. The third-order valence-corrected chi connectivity index (χ3v) is 2.13. The second-order valence-electron chi connectivity index (χ2n) is 2.86. The smallest absolute Gasteiger partial charge is 0.156 e. The molecule has 0 unspecified atom stereocenters. The lowest BCUT2D eigenvalue weighted by atomic mass is 10.2. The number of rotatable bonds is 2. The van der Waals surface area contributed by atoms with E-state index in [1.807, 2.05) is 19.1 Å². The van der Waals surface area contributed by atoms with Crippen molar-refractivity contribution in [2.45, 2.75) is 6.92 Å². The van der Waals surface area contributed by atoms with Crippen molar-refractivity contribution in [3.8, 4) is 0 Å². The quantitative estimate of drug-likeness (QED) is 0.697. The summed E-state index contributed by atoms with van der Waals surface area (Å²) < 4.78 is 21.7. The molecule has 0 atom stereocenters. The van der Waals surface area contributed by atoms with Crippen LogP contribution in [0.15, 0.2) is 24.3 Å². The first-order valence-corrected chi connectivity index (χ1v) is 5.54. The Morgan fingerprint density at radius 2 is 1.67 bits per heavy atom. The topological polar surface area (TPSA) is 34.1 Å². The molecule has 0 saturated heterocycles. The fraction of sp³-hybridized carbons (Fsp3) is 0.222. The fourth-order valence-electron chi connectivity index (χ4n) is 0.892. The molecule has 65 valence electrons. The molecular formula is C9H11O2S. The first kappa shape index (κ1) is 9.26. The molecule has 0 bridgehead atoms. The van der Waals surface area contributed by atoms with Gasteiger partial charge in [-0.1, -0.05) is 29.8 Å². The van der Waals surface area contributed by atoms with E-state index in [9.17, 15) is 8.42 Å². The Balaban J connectivity index is 2.85. The van der Waals surface area contributed by atoms with Gasteiger partial charge in [0.05, 0.1) is 0 Å². The van der Waals surface area contributed by atoms with Gasteiger partial charge in [-0.3, -0.25) is 0 Å². The summed E-state index contributed by atoms with van der Waals surface area (Å²) in [5.74, 6) is 1.26. The first-order chi connectivity index (χ1) is 5.47. The molecule has 0 spiro atoms. The number of hydrogen-bond acceptors (Lipinski definition) is 2. The minimum atomic E-state index is -3.02. The van der Waals surface area contributed by atoms with Crippen molar-refractivity contribution in [1.29, 1.82) is 0 Å². The zero-order valence-electron chi connectivity index (χ0n) is 7.11. The van der Waals surface area contributed by atoms with Gasteiger partial charge >= 0.3 is 0 Å². The summed E-state index contributed by atoms with van der Waals surface area (Å²) in [4.78, 5) is 0. The van der Waals surface area contributed by atoms with Crippen LogP contribution in [-0.4, -0.2) is 14.7 Å². The Morgan fingerprint density at radius 1 is 1.17 bits per heavy atom. The van der Waals surface area contributed by atoms with E-state index in [1.165, 1.54) is 12.0 Å². The van der Waals surface area contributed by atoms with Crippen LogP contribution in [0.25, 0.3) is 0 Å². The van der Waals surface area contributed by atoms with Crippen LogP contribution in [0.3, 0.4) is 0 Å².